The molecule has 0 amide bonds. The molecule has 0 bridgehead atoms. The first-order valence-electron chi connectivity index (χ1n) is 7.85. The van der Waals surface area contributed by atoms with E-state index < -0.39 is 11.6 Å². The Hall–Kier alpha value is -2.27. The van der Waals surface area contributed by atoms with Crippen LogP contribution >= 0.6 is 0 Å². The third-order valence-corrected chi connectivity index (χ3v) is 4.56. The minimum Gasteiger partial charge on any atom is -0.346 e. The molecule has 5 heteroatoms. The number of hydrogen-bond acceptors (Lipinski definition) is 2. The zero-order valence-electron chi connectivity index (χ0n) is 12.6. The van der Waals surface area contributed by atoms with E-state index in [2.05, 4.69) is 15.3 Å². The molecular weight excluding hydrogens is 296 g/mol. The highest BCUT2D eigenvalue weighted by atomic mass is 19.1. The van der Waals surface area contributed by atoms with Crippen molar-refractivity contribution in [2.24, 2.45) is 0 Å². The normalized spacial score (nSPS) is 16.1. The Kier molecular flexibility index (Phi) is 3.58. The van der Waals surface area contributed by atoms with Crippen molar-refractivity contribution >= 4 is 11.0 Å². The van der Waals surface area contributed by atoms with E-state index in [1.165, 1.54) is 17.7 Å². The first-order chi connectivity index (χ1) is 11.2. The molecule has 1 saturated heterocycles. The van der Waals surface area contributed by atoms with Crippen molar-refractivity contribution in [1.29, 1.82) is 0 Å². The summed E-state index contributed by atoms with van der Waals surface area (Å²) in [4.78, 5) is 7.50. The minimum atomic E-state index is -0.568. The van der Waals surface area contributed by atoms with Crippen LogP contribution in [-0.4, -0.2) is 23.1 Å². The largest absolute Gasteiger partial charge is 0.346 e. The van der Waals surface area contributed by atoms with Crippen LogP contribution in [0.2, 0.25) is 0 Å². The highest BCUT2D eigenvalue weighted by molar-refractivity contribution is 5.96. The number of benzene rings is 1. The quantitative estimate of drug-likeness (QED) is 0.751. The number of rotatable bonds is 2. The summed E-state index contributed by atoms with van der Waals surface area (Å²) in [6.07, 6.45) is 5.70. The number of piperidine rings is 1. The zero-order valence-corrected chi connectivity index (χ0v) is 12.6. The third-order valence-electron chi connectivity index (χ3n) is 4.56. The Morgan fingerprint density at radius 3 is 2.52 bits per heavy atom. The van der Waals surface area contributed by atoms with Crippen molar-refractivity contribution in [1.82, 2.24) is 15.3 Å². The van der Waals surface area contributed by atoms with E-state index in [-0.39, 0.29) is 0 Å². The lowest BCUT2D eigenvalue weighted by Gasteiger charge is -2.24. The van der Waals surface area contributed by atoms with Crippen molar-refractivity contribution in [2.75, 3.05) is 13.1 Å². The molecule has 1 aliphatic rings. The summed E-state index contributed by atoms with van der Waals surface area (Å²) in [5.74, 6) is -0.696. The smallest absolute Gasteiger partial charge is 0.138 e. The number of halogens is 2. The maximum absolute atomic E-state index is 13.6. The van der Waals surface area contributed by atoms with Crippen molar-refractivity contribution < 1.29 is 8.78 Å². The van der Waals surface area contributed by atoms with Crippen LogP contribution in [0.4, 0.5) is 8.78 Å². The van der Waals surface area contributed by atoms with Gasteiger partial charge >= 0.3 is 0 Å². The number of nitrogens with zero attached hydrogens (tertiary/aromatic N) is 1. The van der Waals surface area contributed by atoms with E-state index >= 15 is 0 Å². The molecule has 0 radical (unpaired) electrons. The monoisotopic (exact) mass is 313 g/mol. The molecule has 1 fully saturated rings. The van der Waals surface area contributed by atoms with Crippen LogP contribution in [0.1, 0.15) is 24.3 Å². The molecule has 0 spiro atoms. The Labute approximate surface area is 132 Å². The maximum atomic E-state index is 13.6. The van der Waals surface area contributed by atoms with Crippen molar-refractivity contribution in [3.63, 3.8) is 0 Å². The number of H-pyrrole nitrogens is 1. The Morgan fingerprint density at radius 2 is 1.78 bits per heavy atom. The lowest BCUT2D eigenvalue weighted by atomic mass is 9.87. The van der Waals surface area contributed by atoms with Crippen molar-refractivity contribution in [2.45, 2.75) is 18.8 Å². The highest BCUT2D eigenvalue weighted by Crippen LogP contribution is 2.36. The van der Waals surface area contributed by atoms with Crippen LogP contribution in [0.15, 0.2) is 36.7 Å². The van der Waals surface area contributed by atoms with Crippen molar-refractivity contribution in [3.8, 4) is 11.1 Å². The highest BCUT2D eigenvalue weighted by Gasteiger charge is 2.21. The first-order valence-corrected chi connectivity index (χ1v) is 7.85. The standard InChI is InChI=1S/C18H17F2N3/c19-13-7-12(8-14(20)9-13)16-10-23-18-17(16)15(3-6-22-18)11-1-4-21-5-2-11/h3,6-11,21H,1-2,4-5H2,(H,22,23). The molecule has 118 valence electrons. The van der Waals surface area contributed by atoms with E-state index in [0.717, 1.165) is 48.6 Å². The van der Waals surface area contributed by atoms with E-state index in [4.69, 9.17) is 0 Å². The Balaban J connectivity index is 1.90. The van der Waals surface area contributed by atoms with Gasteiger partial charge in [-0.3, -0.25) is 0 Å². The molecule has 2 aromatic heterocycles. The molecule has 2 N–H and O–H groups in total. The summed E-state index contributed by atoms with van der Waals surface area (Å²) in [5, 5.41) is 4.34. The van der Waals surface area contributed by atoms with Gasteiger partial charge < -0.3 is 10.3 Å². The second-order valence-corrected chi connectivity index (χ2v) is 6.01. The lowest BCUT2D eigenvalue weighted by Crippen LogP contribution is -2.26. The number of fused-ring (bicyclic) bond motifs is 1. The molecule has 0 saturated carbocycles. The number of hydrogen-bond donors (Lipinski definition) is 2. The van der Waals surface area contributed by atoms with Crippen LogP contribution in [-0.2, 0) is 0 Å². The van der Waals surface area contributed by atoms with Gasteiger partial charge in [-0.25, -0.2) is 13.8 Å². The fourth-order valence-corrected chi connectivity index (χ4v) is 3.49. The SMILES string of the molecule is Fc1cc(F)cc(-c2c[nH]c3nccc(C4CCNCC4)c23)c1. The van der Waals surface area contributed by atoms with Crippen LogP contribution in [0.25, 0.3) is 22.2 Å². The molecule has 3 heterocycles. The second-order valence-electron chi connectivity index (χ2n) is 6.01. The molecule has 1 aromatic carbocycles. The molecule has 23 heavy (non-hydrogen) atoms. The zero-order chi connectivity index (χ0) is 15.8. The number of pyridine rings is 1. The van der Waals surface area contributed by atoms with Gasteiger partial charge in [-0.15, -0.1) is 0 Å². The van der Waals surface area contributed by atoms with Gasteiger partial charge in [0.2, 0.25) is 0 Å². The van der Waals surface area contributed by atoms with Crippen LogP contribution in [0, 0.1) is 11.6 Å². The molecule has 4 rings (SSSR count). The third kappa shape index (κ3) is 2.61. The van der Waals surface area contributed by atoms with Crippen LogP contribution < -0.4 is 5.32 Å². The molecule has 0 aliphatic carbocycles. The van der Waals surface area contributed by atoms with Gasteiger partial charge in [-0.2, -0.15) is 0 Å². The van der Waals surface area contributed by atoms with E-state index in [1.807, 2.05) is 6.07 Å². The maximum Gasteiger partial charge on any atom is 0.138 e. The average Bonchev–Trinajstić information content (AvgIpc) is 2.99. The lowest BCUT2D eigenvalue weighted by molar-refractivity contribution is 0.462. The molecule has 3 nitrogen and oxygen atoms in total. The van der Waals surface area contributed by atoms with Gasteiger partial charge in [0, 0.05) is 29.4 Å². The van der Waals surface area contributed by atoms with Crippen molar-refractivity contribution in [3.05, 3.63) is 53.9 Å². The molecular formula is C18H17F2N3. The van der Waals surface area contributed by atoms with Gasteiger partial charge in [0.05, 0.1) is 0 Å². The average molecular weight is 313 g/mol. The van der Waals surface area contributed by atoms with E-state index in [9.17, 15) is 8.78 Å². The molecule has 0 unspecified atom stereocenters. The van der Waals surface area contributed by atoms with Crippen LogP contribution in [0.5, 0.6) is 0 Å². The van der Waals surface area contributed by atoms with Gasteiger partial charge in [-0.05, 0) is 61.2 Å². The number of aromatic amines is 1. The fourth-order valence-electron chi connectivity index (χ4n) is 3.49. The first kappa shape index (κ1) is 14.3. The predicted octanol–water partition coefficient (Wildman–Crippen LogP) is 3.98. The summed E-state index contributed by atoms with van der Waals surface area (Å²) in [6.45, 7) is 1.98. The second kappa shape index (κ2) is 5.74. The topological polar surface area (TPSA) is 40.7 Å². The summed E-state index contributed by atoms with van der Waals surface area (Å²) >= 11 is 0. The molecule has 3 aromatic rings. The van der Waals surface area contributed by atoms with Crippen LogP contribution in [0.3, 0.4) is 0 Å². The predicted molar refractivity (Wildman–Crippen MR) is 86.3 cm³/mol. The minimum absolute atomic E-state index is 0.440. The number of aromatic nitrogens is 2. The van der Waals surface area contributed by atoms with Gasteiger partial charge in [0.15, 0.2) is 0 Å². The molecule has 0 atom stereocenters. The van der Waals surface area contributed by atoms with Gasteiger partial charge in [0.25, 0.3) is 0 Å². The Morgan fingerprint density at radius 1 is 1.04 bits per heavy atom. The Bertz CT molecular complexity index is 830. The van der Waals surface area contributed by atoms with E-state index in [1.54, 1.807) is 12.4 Å². The summed E-state index contributed by atoms with van der Waals surface area (Å²) in [7, 11) is 0. The number of nitrogens with one attached hydrogen (secondary N) is 2. The summed E-state index contributed by atoms with van der Waals surface area (Å²) in [5.41, 5.74) is 3.31. The summed E-state index contributed by atoms with van der Waals surface area (Å²) in [6, 6.07) is 5.66. The van der Waals surface area contributed by atoms with Gasteiger partial charge in [-0.1, -0.05) is 0 Å². The van der Waals surface area contributed by atoms with E-state index in [0.29, 0.717) is 11.5 Å². The molecule has 1 aliphatic heterocycles. The summed E-state index contributed by atoms with van der Waals surface area (Å²) < 4.78 is 27.2. The fraction of sp³-hybridized carbons (Fsp3) is 0.278. The van der Waals surface area contributed by atoms with Gasteiger partial charge in [0.1, 0.15) is 17.3 Å².